The quantitative estimate of drug-likeness (QED) is 0.398. The Kier molecular flexibility index (Phi) is 3.32. The van der Waals surface area contributed by atoms with Crippen molar-refractivity contribution in [1.29, 1.82) is 0 Å². The third-order valence-electron chi connectivity index (χ3n) is 1.49. The van der Waals surface area contributed by atoms with Gasteiger partial charge in [0.05, 0.1) is 0 Å². The van der Waals surface area contributed by atoms with Gasteiger partial charge in [-0.1, -0.05) is 22.4 Å². The summed E-state index contributed by atoms with van der Waals surface area (Å²) < 4.78 is 12.5. The van der Waals surface area contributed by atoms with Gasteiger partial charge in [0.25, 0.3) is 0 Å². The van der Waals surface area contributed by atoms with E-state index in [0.717, 1.165) is 0 Å². The van der Waals surface area contributed by atoms with Gasteiger partial charge in [-0.3, -0.25) is 0 Å². The van der Waals surface area contributed by atoms with Crippen LogP contribution in [-0.2, 0) is 0 Å². The summed E-state index contributed by atoms with van der Waals surface area (Å²) in [6.45, 7) is 0. The zero-order valence-electron chi connectivity index (χ0n) is 6.95. The number of benzene rings is 1. The maximum atomic E-state index is 12.5. The first-order chi connectivity index (χ1) is 6.77. The minimum Gasteiger partial charge on any atom is -0.207 e. The van der Waals surface area contributed by atoms with Crippen LogP contribution in [0.5, 0.6) is 0 Å². The second-order valence-corrected chi connectivity index (χ2v) is 2.34. The van der Waals surface area contributed by atoms with E-state index in [1.165, 1.54) is 24.3 Å². The van der Waals surface area contributed by atoms with E-state index in [1.54, 1.807) is 0 Å². The molecule has 0 amide bonds. The first kappa shape index (κ1) is 9.85. The molecular formula is C7H5FN6. The van der Waals surface area contributed by atoms with Crippen molar-refractivity contribution in [2.75, 3.05) is 0 Å². The fraction of sp³-hybridized carbons (Fsp3) is 0.143. The van der Waals surface area contributed by atoms with E-state index in [1.807, 2.05) is 0 Å². The lowest BCUT2D eigenvalue weighted by Crippen LogP contribution is -1.89. The van der Waals surface area contributed by atoms with Crippen LogP contribution < -0.4 is 0 Å². The Morgan fingerprint density at radius 3 is 2.00 bits per heavy atom. The molecule has 0 saturated carbocycles. The number of hydrogen-bond acceptors (Lipinski definition) is 2. The Hall–Kier alpha value is -2.23. The fourth-order valence-corrected chi connectivity index (χ4v) is 0.889. The molecule has 6 nitrogen and oxygen atoms in total. The highest BCUT2D eigenvalue weighted by molar-refractivity contribution is 5.19. The summed E-state index contributed by atoms with van der Waals surface area (Å²) >= 11 is 0. The summed E-state index contributed by atoms with van der Waals surface area (Å²) in [7, 11) is 0. The van der Waals surface area contributed by atoms with E-state index < -0.39 is 12.0 Å². The second kappa shape index (κ2) is 4.71. The van der Waals surface area contributed by atoms with Crippen molar-refractivity contribution in [3.8, 4) is 0 Å². The summed E-state index contributed by atoms with van der Waals surface area (Å²) in [4.78, 5) is 5.04. The first-order valence-corrected chi connectivity index (χ1v) is 3.62. The van der Waals surface area contributed by atoms with Crippen molar-refractivity contribution < 1.29 is 4.39 Å². The molecule has 14 heavy (non-hydrogen) atoms. The standard InChI is InChI=1S/C7H5FN6/c8-6-3-1-5(2-4-6)7(11-13-9)12-14-10/h1-4,7H. The number of rotatable bonds is 3. The third kappa shape index (κ3) is 2.38. The summed E-state index contributed by atoms with van der Waals surface area (Å²) in [5, 5.41) is 6.50. The van der Waals surface area contributed by atoms with Crippen molar-refractivity contribution in [3.63, 3.8) is 0 Å². The SMILES string of the molecule is [N-]=[N+]=NC(N=[N+]=[N-])c1ccc(F)cc1. The lowest BCUT2D eigenvalue weighted by molar-refractivity contribution is 0.625. The zero-order chi connectivity index (χ0) is 10.4. The van der Waals surface area contributed by atoms with Crippen LogP contribution in [0.15, 0.2) is 34.5 Å². The third-order valence-corrected chi connectivity index (χ3v) is 1.49. The molecule has 0 unspecified atom stereocenters. The molecule has 0 aliphatic carbocycles. The molecule has 0 atom stereocenters. The predicted octanol–water partition coefficient (Wildman–Crippen LogP) is 3.44. The van der Waals surface area contributed by atoms with Gasteiger partial charge in [-0.15, -0.1) is 0 Å². The number of azide groups is 1. The molecule has 70 valence electrons. The molecule has 0 heterocycles. The number of nitrogens with zero attached hydrogens (tertiary/aromatic N) is 6. The lowest BCUT2D eigenvalue weighted by atomic mass is 10.2. The number of hydrogen-bond donors (Lipinski definition) is 0. The van der Waals surface area contributed by atoms with E-state index in [0.29, 0.717) is 5.56 Å². The van der Waals surface area contributed by atoms with Crippen LogP contribution >= 0.6 is 0 Å². The van der Waals surface area contributed by atoms with E-state index in [-0.39, 0.29) is 0 Å². The van der Waals surface area contributed by atoms with E-state index in [2.05, 4.69) is 20.1 Å². The molecule has 0 radical (unpaired) electrons. The fourth-order valence-electron chi connectivity index (χ4n) is 0.889. The average molecular weight is 192 g/mol. The molecule has 1 aromatic rings. The van der Waals surface area contributed by atoms with Crippen LogP contribution in [0.4, 0.5) is 4.39 Å². The summed E-state index contributed by atoms with van der Waals surface area (Å²) in [5.74, 6) is -0.408. The van der Waals surface area contributed by atoms with Crippen molar-refractivity contribution in [1.82, 2.24) is 0 Å². The Labute approximate surface area is 78.2 Å². The molecule has 0 aliphatic heterocycles. The van der Waals surface area contributed by atoms with Crippen LogP contribution in [0.2, 0.25) is 0 Å². The summed E-state index contributed by atoms with van der Waals surface area (Å²) in [6, 6.07) is 5.18. The van der Waals surface area contributed by atoms with E-state index >= 15 is 0 Å². The van der Waals surface area contributed by atoms with Crippen LogP contribution in [0.1, 0.15) is 11.7 Å². The molecule has 1 aromatic carbocycles. The van der Waals surface area contributed by atoms with Gasteiger partial charge in [0, 0.05) is 9.82 Å². The van der Waals surface area contributed by atoms with Gasteiger partial charge in [0.15, 0.2) is 0 Å². The topological polar surface area (TPSA) is 97.5 Å². The summed E-state index contributed by atoms with van der Waals surface area (Å²) in [6.07, 6.45) is -0.967. The van der Waals surface area contributed by atoms with Crippen LogP contribution in [0.3, 0.4) is 0 Å². The van der Waals surface area contributed by atoms with Crippen molar-refractivity contribution in [3.05, 3.63) is 56.5 Å². The van der Waals surface area contributed by atoms with Gasteiger partial charge in [-0.2, -0.15) is 0 Å². The highest BCUT2D eigenvalue weighted by Gasteiger charge is 2.05. The van der Waals surface area contributed by atoms with Gasteiger partial charge in [-0.05, 0) is 28.8 Å². The molecule has 0 aliphatic rings. The van der Waals surface area contributed by atoms with Crippen LogP contribution in [-0.4, -0.2) is 0 Å². The molecular weight excluding hydrogens is 187 g/mol. The normalized spacial score (nSPS) is 10.9. The second-order valence-electron chi connectivity index (χ2n) is 2.34. The van der Waals surface area contributed by atoms with Crippen molar-refractivity contribution in [2.45, 2.75) is 6.17 Å². The summed E-state index contributed by atoms with van der Waals surface area (Å²) in [5.41, 5.74) is 16.8. The molecule has 7 heteroatoms. The minimum atomic E-state index is -0.967. The monoisotopic (exact) mass is 192 g/mol. The Morgan fingerprint density at radius 2 is 1.57 bits per heavy atom. The van der Waals surface area contributed by atoms with Gasteiger partial charge in [0.1, 0.15) is 12.0 Å². The molecule has 0 bridgehead atoms. The predicted molar refractivity (Wildman–Crippen MR) is 47.4 cm³/mol. The molecule has 0 N–H and O–H groups in total. The van der Waals surface area contributed by atoms with Crippen molar-refractivity contribution >= 4 is 0 Å². The molecule has 0 aromatic heterocycles. The zero-order valence-corrected chi connectivity index (χ0v) is 6.95. The minimum absolute atomic E-state index is 0.408. The van der Waals surface area contributed by atoms with Gasteiger partial charge >= 0.3 is 0 Å². The van der Waals surface area contributed by atoms with Crippen LogP contribution in [0.25, 0.3) is 20.9 Å². The first-order valence-electron chi connectivity index (χ1n) is 3.62. The molecule has 1 rings (SSSR count). The Balaban J connectivity index is 3.04. The lowest BCUT2D eigenvalue weighted by Gasteiger charge is -2.02. The maximum absolute atomic E-state index is 12.5. The van der Waals surface area contributed by atoms with Crippen molar-refractivity contribution in [2.24, 2.45) is 10.2 Å². The Bertz CT molecular complexity index is 383. The van der Waals surface area contributed by atoms with Crippen LogP contribution in [0, 0.1) is 5.82 Å². The largest absolute Gasteiger partial charge is 0.207 e. The Morgan fingerprint density at radius 1 is 1.07 bits per heavy atom. The smallest absolute Gasteiger partial charge is 0.141 e. The number of halogens is 1. The molecule has 0 spiro atoms. The molecule has 0 saturated heterocycles. The van der Waals surface area contributed by atoms with Gasteiger partial charge in [0.2, 0.25) is 0 Å². The maximum Gasteiger partial charge on any atom is 0.141 e. The van der Waals surface area contributed by atoms with Gasteiger partial charge in [-0.25, -0.2) is 4.39 Å². The average Bonchev–Trinajstić information content (AvgIpc) is 2.19. The highest BCUT2D eigenvalue weighted by atomic mass is 19.1. The van der Waals surface area contributed by atoms with E-state index in [4.69, 9.17) is 11.1 Å². The molecule has 0 fully saturated rings. The highest BCUT2D eigenvalue weighted by Crippen LogP contribution is 2.19. The van der Waals surface area contributed by atoms with Gasteiger partial charge < -0.3 is 0 Å². The van der Waals surface area contributed by atoms with E-state index in [9.17, 15) is 4.39 Å².